The van der Waals surface area contributed by atoms with Crippen LogP contribution in [-0.2, 0) is 0 Å². The minimum atomic E-state index is -2.00. The summed E-state index contributed by atoms with van der Waals surface area (Å²) in [6, 6.07) is 14.4. The van der Waals surface area contributed by atoms with E-state index >= 15 is 0 Å². The summed E-state index contributed by atoms with van der Waals surface area (Å²) in [5.41, 5.74) is 0. The van der Waals surface area contributed by atoms with Gasteiger partial charge in [-0.2, -0.15) is 0 Å². The Morgan fingerprint density at radius 1 is 0.583 bits per heavy atom. The molecule has 0 N–H and O–H groups in total. The summed E-state index contributed by atoms with van der Waals surface area (Å²) < 4.78 is 6.38. The quantitative estimate of drug-likeness (QED) is 0.248. The monoisotopic (exact) mass is 568 g/mol. The van der Waals surface area contributed by atoms with Gasteiger partial charge in [-0.05, 0) is 0 Å². The first kappa shape index (κ1) is 17.6. The number of rotatable bonds is 2. The van der Waals surface area contributed by atoms with E-state index in [1.807, 2.05) is 0 Å². The van der Waals surface area contributed by atoms with Gasteiger partial charge in [0, 0.05) is 0 Å². The molecule has 0 saturated heterocycles. The maximum atomic E-state index is 2.52. The van der Waals surface area contributed by atoms with Crippen molar-refractivity contribution in [3.8, 4) is 0 Å². The molecule has 0 nitrogen and oxygen atoms in total. The van der Waals surface area contributed by atoms with Crippen molar-refractivity contribution < 1.29 is 0 Å². The molecule has 2 heterocycles. The Hall–Kier alpha value is 0.217. The predicted octanol–water partition coefficient (Wildman–Crippen LogP) is 6.36. The van der Waals surface area contributed by atoms with E-state index < -0.39 is 36.8 Å². The second-order valence-corrected chi connectivity index (χ2v) is 41.7. The number of fused-ring (bicyclic) bond motifs is 5. The topological polar surface area (TPSA) is 0 Å². The Morgan fingerprint density at radius 2 is 0.958 bits per heavy atom. The Bertz CT molecular complexity index is 985. The van der Waals surface area contributed by atoms with Crippen LogP contribution in [0.15, 0.2) is 36.4 Å². The summed E-state index contributed by atoms with van der Waals surface area (Å²) >= 11 is 0.131. The fourth-order valence-corrected chi connectivity index (χ4v) is 16.0. The van der Waals surface area contributed by atoms with Crippen molar-refractivity contribution in [2.24, 2.45) is 0 Å². The van der Waals surface area contributed by atoms with E-state index in [0.717, 1.165) is 0 Å². The average Bonchev–Trinajstić information content (AvgIpc) is 3.09. The van der Waals surface area contributed by atoms with Gasteiger partial charge < -0.3 is 0 Å². The molecule has 4 aromatic rings. The molecule has 0 aliphatic heterocycles. The normalized spacial score (nSPS) is 13.4. The zero-order valence-corrected chi connectivity index (χ0v) is 22.6. The third-order valence-electron chi connectivity index (χ3n) is 4.64. The van der Waals surface area contributed by atoms with Gasteiger partial charge in [0.25, 0.3) is 0 Å². The Labute approximate surface area is 160 Å². The first-order valence-corrected chi connectivity index (χ1v) is 30.2. The van der Waals surface area contributed by atoms with E-state index in [2.05, 4.69) is 88.7 Å². The molecule has 4 rings (SSSR count). The molecule has 0 aliphatic rings. The van der Waals surface area contributed by atoms with Crippen LogP contribution in [0.5, 0.6) is 0 Å². The minimum absolute atomic E-state index is 1.44. The van der Waals surface area contributed by atoms with Crippen LogP contribution in [0.3, 0.4) is 0 Å². The Balaban J connectivity index is 2.05. The third kappa shape index (κ3) is 2.95. The number of hydrogen-bond donors (Lipinski definition) is 0. The fourth-order valence-electron chi connectivity index (χ4n) is 3.14. The molecule has 0 bridgehead atoms. The molecular weight excluding hydrogens is 542 g/mol. The summed E-state index contributed by atoms with van der Waals surface area (Å²) in [6.45, 7) is 0. The summed E-state index contributed by atoms with van der Waals surface area (Å²) in [5.74, 6) is 0. The van der Waals surface area contributed by atoms with E-state index in [9.17, 15) is 0 Å². The fraction of sp³-hybridized carbons (Fsp3) is 0.300. The van der Waals surface area contributed by atoms with Crippen LogP contribution < -0.4 is 5.79 Å². The number of thiophene rings is 2. The molecule has 124 valence electrons. The standard InChI is InChI=1S/C14H6S2.6CH3.2Sn/c1-3-11-12(13-9(1)5-7-15-13)4-2-10-6-8-16-14(10)11;;;;;;;;/h1-6H;6*1H3;;. The van der Waals surface area contributed by atoms with Crippen molar-refractivity contribution in [2.45, 2.75) is 29.6 Å². The predicted molar refractivity (Wildman–Crippen MR) is 121 cm³/mol. The van der Waals surface area contributed by atoms with Crippen molar-refractivity contribution in [1.82, 2.24) is 0 Å². The van der Waals surface area contributed by atoms with Crippen molar-refractivity contribution >= 4 is 96.2 Å². The van der Waals surface area contributed by atoms with Gasteiger partial charge in [-0.1, -0.05) is 0 Å². The van der Waals surface area contributed by atoms with Crippen LogP contribution in [0.4, 0.5) is 0 Å². The molecule has 0 saturated carbocycles. The molecule has 0 spiro atoms. The molecule has 0 atom stereocenters. The van der Waals surface area contributed by atoms with E-state index in [4.69, 9.17) is 0 Å². The third-order valence-corrected chi connectivity index (χ3v) is 25.9. The number of hydrogen-bond acceptors (Lipinski definition) is 2. The van der Waals surface area contributed by atoms with Gasteiger partial charge in [-0.15, -0.1) is 0 Å². The molecule has 4 heteroatoms. The first-order valence-electron chi connectivity index (χ1n) is 8.54. The second kappa shape index (κ2) is 5.86. The van der Waals surface area contributed by atoms with Crippen LogP contribution >= 0.6 is 22.7 Å². The van der Waals surface area contributed by atoms with Crippen LogP contribution in [0, 0.1) is 0 Å². The Morgan fingerprint density at radius 3 is 1.29 bits per heavy atom. The molecule has 0 fully saturated rings. The first-order chi connectivity index (χ1) is 11.1. The zero-order valence-electron chi connectivity index (χ0n) is 15.3. The van der Waals surface area contributed by atoms with Crippen LogP contribution in [0.2, 0.25) is 29.6 Å². The molecule has 2 aromatic heterocycles. The molecule has 0 aliphatic carbocycles. The van der Waals surface area contributed by atoms with Gasteiger partial charge in [0.1, 0.15) is 0 Å². The summed E-state index contributed by atoms with van der Waals surface area (Å²) in [5, 5.41) is 5.81. The van der Waals surface area contributed by atoms with E-state index in [1.54, 1.807) is 5.79 Å². The SMILES string of the molecule is [CH3][Sn]([CH3])([CH3])[c]1cc2ccc3c(ccc4c[c]([Sn]([CH3])([CH3])[CH3])sc43)c2s1. The van der Waals surface area contributed by atoms with Gasteiger partial charge in [-0.3, -0.25) is 0 Å². The number of benzene rings is 2. The average molecular weight is 566 g/mol. The van der Waals surface area contributed by atoms with E-state index in [1.165, 1.54) is 30.9 Å². The van der Waals surface area contributed by atoms with Crippen molar-refractivity contribution in [3.63, 3.8) is 0 Å². The van der Waals surface area contributed by atoms with Gasteiger partial charge in [0.05, 0.1) is 0 Å². The van der Waals surface area contributed by atoms with Gasteiger partial charge in [0.2, 0.25) is 0 Å². The van der Waals surface area contributed by atoms with Crippen LogP contribution in [-0.4, -0.2) is 36.8 Å². The van der Waals surface area contributed by atoms with Crippen LogP contribution in [0.1, 0.15) is 0 Å². The van der Waals surface area contributed by atoms with Gasteiger partial charge in [-0.25, -0.2) is 0 Å². The maximum absolute atomic E-state index is 2.52. The van der Waals surface area contributed by atoms with Gasteiger partial charge >= 0.3 is 162 Å². The summed E-state index contributed by atoms with van der Waals surface area (Å²) in [4.78, 5) is 15.1. The summed E-state index contributed by atoms with van der Waals surface area (Å²) in [7, 11) is 0. The Kier molecular flexibility index (Phi) is 4.30. The molecule has 0 radical (unpaired) electrons. The second-order valence-electron chi connectivity index (χ2n) is 8.78. The van der Waals surface area contributed by atoms with Crippen molar-refractivity contribution in [1.29, 1.82) is 0 Å². The van der Waals surface area contributed by atoms with Crippen molar-refractivity contribution in [3.05, 3.63) is 36.4 Å². The van der Waals surface area contributed by atoms with Crippen molar-refractivity contribution in [2.75, 3.05) is 0 Å². The molecule has 24 heavy (non-hydrogen) atoms. The zero-order chi connectivity index (χ0) is 17.3. The molecule has 2 aromatic carbocycles. The van der Waals surface area contributed by atoms with E-state index in [0.29, 0.717) is 0 Å². The van der Waals surface area contributed by atoms with E-state index in [-0.39, 0.29) is 0 Å². The molecule has 0 unspecified atom stereocenters. The molecule has 0 amide bonds. The molecular formula is C20H24S2Sn2. The van der Waals surface area contributed by atoms with Gasteiger partial charge in [0.15, 0.2) is 0 Å². The summed E-state index contributed by atoms with van der Waals surface area (Å²) in [6.07, 6.45) is 0. The van der Waals surface area contributed by atoms with Crippen LogP contribution in [0.25, 0.3) is 30.9 Å².